The first-order valence-corrected chi connectivity index (χ1v) is 8.72. The van der Waals surface area contributed by atoms with Crippen molar-refractivity contribution in [3.8, 4) is 0 Å². The molecule has 0 saturated carbocycles. The molecule has 1 rings (SSSR count). The van der Waals surface area contributed by atoms with Crippen LogP contribution in [-0.4, -0.2) is 38.3 Å². The Bertz CT molecular complexity index is 629. The van der Waals surface area contributed by atoms with Crippen LogP contribution in [0.1, 0.15) is 13.8 Å². The molecule has 0 aliphatic rings. The van der Waals surface area contributed by atoms with E-state index in [1.54, 1.807) is 12.1 Å². The van der Waals surface area contributed by atoms with Crippen LogP contribution in [0.15, 0.2) is 41.8 Å². The maximum atomic E-state index is 12.6. The highest BCUT2D eigenvalue weighted by atomic mass is 35.5. The van der Waals surface area contributed by atoms with Gasteiger partial charge in [-0.25, -0.2) is 8.42 Å². The van der Waals surface area contributed by atoms with E-state index in [0.29, 0.717) is 17.5 Å². The number of benzene rings is 1. The molecular formula is C15H21ClN2O3S. The lowest BCUT2D eigenvalue weighted by atomic mass is 10.2. The first-order valence-electron chi connectivity index (χ1n) is 6.90. The van der Waals surface area contributed by atoms with E-state index in [2.05, 4.69) is 11.9 Å². The van der Waals surface area contributed by atoms with Crippen LogP contribution in [-0.2, 0) is 14.8 Å². The fourth-order valence-corrected chi connectivity index (χ4v) is 3.37. The molecule has 0 unspecified atom stereocenters. The monoisotopic (exact) mass is 344 g/mol. The van der Waals surface area contributed by atoms with Gasteiger partial charge in [-0.2, -0.15) is 4.31 Å². The minimum absolute atomic E-state index is 0.0456. The molecular weight excluding hydrogens is 324 g/mol. The van der Waals surface area contributed by atoms with Crippen LogP contribution in [0.2, 0.25) is 5.02 Å². The van der Waals surface area contributed by atoms with Crippen molar-refractivity contribution >= 4 is 27.5 Å². The van der Waals surface area contributed by atoms with E-state index in [-0.39, 0.29) is 23.9 Å². The summed E-state index contributed by atoms with van der Waals surface area (Å²) in [4.78, 5) is 12.0. The summed E-state index contributed by atoms with van der Waals surface area (Å²) in [5, 5.41) is 3.02. The summed E-state index contributed by atoms with van der Waals surface area (Å²) >= 11 is 5.84. The van der Waals surface area contributed by atoms with Crippen molar-refractivity contribution in [1.82, 2.24) is 9.62 Å². The van der Waals surface area contributed by atoms with E-state index in [9.17, 15) is 13.2 Å². The van der Waals surface area contributed by atoms with Crippen LogP contribution in [0.25, 0.3) is 0 Å². The Morgan fingerprint density at radius 3 is 2.68 bits per heavy atom. The summed E-state index contributed by atoms with van der Waals surface area (Å²) in [6.07, 6.45) is 1.44. The molecule has 0 aromatic heterocycles. The van der Waals surface area contributed by atoms with Gasteiger partial charge in [0.1, 0.15) is 0 Å². The van der Waals surface area contributed by atoms with Gasteiger partial charge in [-0.15, -0.1) is 6.58 Å². The SMILES string of the molecule is C=CCN(CC(=O)NCC(C)C)S(=O)(=O)c1cccc(Cl)c1. The van der Waals surface area contributed by atoms with E-state index in [4.69, 9.17) is 11.6 Å². The van der Waals surface area contributed by atoms with Gasteiger partial charge in [-0.05, 0) is 24.1 Å². The van der Waals surface area contributed by atoms with Gasteiger partial charge in [0.2, 0.25) is 15.9 Å². The number of nitrogens with zero attached hydrogens (tertiary/aromatic N) is 1. The average Bonchev–Trinajstić information content (AvgIpc) is 2.44. The highest BCUT2D eigenvalue weighted by molar-refractivity contribution is 7.89. The summed E-state index contributed by atoms with van der Waals surface area (Å²) in [7, 11) is -3.80. The first-order chi connectivity index (χ1) is 10.3. The van der Waals surface area contributed by atoms with Crippen LogP contribution in [0.5, 0.6) is 0 Å². The number of halogens is 1. The molecule has 0 saturated heterocycles. The van der Waals surface area contributed by atoms with Crippen LogP contribution in [0.4, 0.5) is 0 Å². The van der Waals surface area contributed by atoms with Gasteiger partial charge < -0.3 is 5.32 Å². The Kier molecular flexibility index (Phi) is 7.06. The number of sulfonamides is 1. The normalized spacial score (nSPS) is 11.7. The van der Waals surface area contributed by atoms with Crippen molar-refractivity contribution < 1.29 is 13.2 Å². The zero-order valence-electron chi connectivity index (χ0n) is 12.8. The number of amides is 1. The Balaban J connectivity index is 2.94. The van der Waals surface area contributed by atoms with E-state index in [1.807, 2.05) is 13.8 Å². The number of carbonyl (C=O) groups is 1. The van der Waals surface area contributed by atoms with Crippen LogP contribution in [0, 0.1) is 5.92 Å². The highest BCUT2D eigenvalue weighted by Crippen LogP contribution is 2.19. The molecule has 5 nitrogen and oxygen atoms in total. The lowest BCUT2D eigenvalue weighted by Gasteiger charge is -2.20. The van der Waals surface area contributed by atoms with E-state index < -0.39 is 10.0 Å². The largest absolute Gasteiger partial charge is 0.355 e. The Hall–Kier alpha value is -1.37. The number of hydrogen-bond acceptors (Lipinski definition) is 3. The second kappa shape index (κ2) is 8.31. The minimum Gasteiger partial charge on any atom is -0.355 e. The van der Waals surface area contributed by atoms with Crippen molar-refractivity contribution in [3.63, 3.8) is 0 Å². The topological polar surface area (TPSA) is 66.5 Å². The number of rotatable bonds is 8. The molecule has 1 amide bonds. The number of nitrogens with one attached hydrogen (secondary N) is 1. The van der Waals surface area contributed by atoms with Crippen molar-refractivity contribution in [1.29, 1.82) is 0 Å². The Morgan fingerprint density at radius 1 is 1.45 bits per heavy atom. The Labute approximate surface area is 137 Å². The lowest BCUT2D eigenvalue weighted by Crippen LogP contribution is -2.41. The molecule has 0 fully saturated rings. The fraction of sp³-hybridized carbons (Fsp3) is 0.400. The smallest absolute Gasteiger partial charge is 0.243 e. The van der Waals surface area contributed by atoms with Crippen molar-refractivity contribution in [2.45, 2.75) is 18.7 Å². The molecule has 0 bridgehead atoms. The third-order valence-corrected chi connectivity index (χ3v) is 4.84. The Morgan fingerprint density at radius 2 is 2.14 bits per heavy atom. The highest BCUT2D eigenvalue weighted by Gasteiger charge is 2.25. The molecule has 0 atom stereocenters. The van der Waals surface area contributed by atoms with Crippen molar-refractivity contribution in [2.75, 3.05) is 19.6 Å². The lowest BCUT2D eigenvalue weighted by molar-refractivity contribution is -0.121. The summed E-state index contributed by atoms with van der Waals surface area (Å²) < 4.78 is 26.2. The molecule has 1 aromatic carbocycles. The second-order valence-corrected chi connectivity index (χ2v) is 7.62. The predicted octanol–water partition coefficient (Wildman–Crippen LogP) is 2.29. The van der Waals surface area contributed by atoms with Crippen LogP contribution in [0.3, 0.4) is 0 Å². The molecule has 122 valence electrons. The van der Waals surface area contributed by atoms with Gasteiger partial charge in [0.25, 0.3) is 0 Å². The standard InChI is InChI=1S/C15H21ClN2O3S/c1-4-8-18(11-15(19)17-10-12(2)3)22(20,21)14-7-5-6-13(16)9-14/h4-7,9,12H,1,8,10-11H2,2-3H3,(H,17,19). The zero-order valence-corrected chi connectivity index (χ0v) is 14.3. The van der Waals surface area contributed by atoms with Gasteiger partial charge in [-0.3, -0.25) is 4.79 Å². The van der Waals surface area contributed by atoms with E-state index in [0.717, 1.165) is 4.31 Å². The van der Waals surface area contributed by atoms with E-state index >= 15 is 0 Å². The third-order valence-electron chi connectivity index (χ3n) is 2.79. The van der Waals surface area contributed by atoms with Gasteiger partial charge in [0, 0.05) is 18.1 Å². The molecule has 0 heterocycles. The van der Waals surface area contributed by atoms with Crippen molar-refractivity contribution in [3.05, 3.63) is 41.9 Å². The fourth-order valence-electron chi connectivity index (χ4n) is 1.70. The molecule has 0 aliphatic carbocycles. The molecule has 1 N–H and O–H groups in total. The summed E-state index contributed by atoms with van der Waals surface area (Å²) in [5.41, 5.74) is 0. The maximum Gasteiger partial charge on any atom is 0.243 e. The van der Waals surface area contributed by atoms with Crippen LogP contribution >= 0.6 is 11.6 Å². The summed E-state index contributed by atoms with van der Waals surface area (Å²) in [6, 6.07) is 5.95. The van der Waals surface area contributed by atoms with Crippen molar-refractivity contribution in [2.24, 2.45) is 5.92 Å². The summed E-state index contributed by atoms with van der Waals surface area (Å²) in [5.74, 6) is -0.0532. The molecule has 0 radical (unpaired) electrons. The van der Waals surface area contributed by atoms with Gasteiger partial charge in [-0.1, -0.05) is 37.6 Å². The quantitative estimate of drug-likeness (QED) is 0.736. The van der Waals surface area contributed by atoms with Gasteiger partial charge in [0.15, 0.2) is 0 Å². The predicted molar refractivity (Wildman–Crippen MR) is 88.3 cm³/mol. The molecule has 22 heavy (non-hydrogen) atoms. The molecule has 0 aliphatic heterocycles. The number of carbonyl (C=O) groups excluding carboxylic acids is 1. The minimum atomic E-state index is -3.80. The third kappa shape index (κ3) is 5.44. The molecule has 7 heteroatoms. The molecule has 1 aromatic rings. The van der Waals surface area contributed by atoms with Gasteiger partial charge in [0.05, 0.1) is 11.4 Å². The maximum absolute atomic E-state index is 12.6. The van der Waals surface area contributed by atoms with Crippen LogP contribution < -0.4 is 5.32 Å². The van der Waals surface area contributed by atoms with Gasteiger partial charge >= 0.3 is 0 Å². The number of hydrogen-bond donors (Lipinski definition) is 1. The summed E-state index contributed by atoms with van der Waals surface area (Å²) in [6.45, 7) is 7.76. The average molecular weight is 345 g/mol. The zero-order chi connectivity index (χ0) is 16.8. The molecule has 0 spiro atoms. The van der Waals surface area contributed by atoms with E-state index in [1.165, 1.54) is 18.2 Å². The second-order valence-electron chi connectivity index (χ2n) is 5.24. The first kappa shape index (κ1) is 18.7.